The molecule has 2 aliphatic carbocycles. The van der Waals surface area contributed by atoms with Crippen molar-refractivity contribution in [1.82, 2.24) is 9.88 Å². The summed E-state index contributed by atoms with van der Waals surface area (Å²) in [6, 6.07) is 16.9. The van der Waals surface area contributed by atoms with E-state index in [0.29, 0.717) is 33.8 Å². The molecule has 8 rings (SSSR count). The summed E-state index contributed by atoms with van der Waals surface area (Å²) >= 11 is 18.0. The molecule has 0 radical (unpaired) electrons. The highest BCUT2D eigenvalue weighted by molar-refractivity contribution is 9.09. The van der Waals surface area contributed by atoms with Gasteiger partial charge in [0.15, 0.2) is 15.3 Å². The van der Waals surface area contributed by atoms with Crippen LogP contribution in [0, 0.1) is 17.8 Å². The van der Waals surface area contributed by atoms with E-state index in [4.69, 9.17) is 37.1 Å². The molecule has 50 heavy (non-hydrogen) atoms. The van der Waals surface area contributed by atoms with Gasteiger partial charge in [-0.15, -0.1) is 23.2 Å². The number of para-hydroxylation sites is 2. The van der Waals surface area contributed by atoms with Crippen LogP contribution < -0.4 is 14.4 Å². The van der Waals surface area contributed by atoms with Crippen LogP contribution in [0.5, 0.6) is 17.2 Å². The third kappa shape index (κ3) is 4.31. The van der Waals surface area contributed by atoms with Crippen LogP contribution >= 0.6 is 39.1 Å². The summed E-state index contributed by atoms with van der Waals surface area (Å²) in [5, 5.41) is 10.5. The molecule has 1 N–H and O–H groups in total. The summed E-state index contributed by atoms with van der Waals surface area (Å²) in [6.07, 6.45) is 1.81. The number of allylic oxidation sites excluding steroid dienone is 2. The number of imide groups is 2. The molecule has 0 unspecified atom stereocenters. The lowest BCUT2D eigenvalue weighted by Gasteiger charge is -2.51. The second-order valence-corrected chi connectivity index (χ2v) is 14.5. The maximum absolute atomic E-state index is 14.5. The molecule has 2 aliphatic heterocycles. The second-order valence-electron chi connectivity index (χ2n) is 12.8. The fourth-order valence-electron chi connectivity index (χ4n) is 8.28. The molecule has 4 aliphatic rings. The fourth-order valence-corrected chi connectivity index (χ4v) is 9.69. The number of amides is 4. The zero-order chi connectivity index (χ0) is 35.3. The molecule has 3 aromatic carbocycles. The monoisotopic (exact) mass is 779 g/mol. The van der Waals surface area contributed by atoms with Crippen LogP contribution in [0.15, 0.2) is 76.7 Å². The van der Waals surface area contributed by atoms with E-state index in [0.717, 1.165) is 4.90 Å². The number of methoxy groups -OCH3 is 2. The normalized spacial score (nSPS) is 28.9. The number of hydrogen-bond acceptors (Lipinski definition) is 9. The zero-order valence-electron chi connectivity index (χ0n) is 26.6. The standard InChI is InChI=1S/C36H28BrCl2N3O8/c1-48-25-13-19(43)14-26(49-2)28(25)29-20-11-12-21-27(22(20)15-35(38)33(46)41(16-37)34(47)36(29,35)39)32(45)42(31(21)44)18-9-7-17(8-10-18)30-40-23-5-3-4-6-24(23)50-30/h3-11,13-14,21-22,27,29,43H,12,15-16H2,1-2H3/t21-,22+,27-,29+,35+,36-/m0/s1. The number of hydrogen-bond donors (Lipinski definition) is 1. The first-order valence-electron chi connectivity index (χ1n) is 15.8. The van der Waals surface area contributed by atoms with E-state index in [1.807, 2.05) is 30.3 Å². The summed E-state index contributed by atoms with van der Waals surface area (Å²) in [5.41, 5.74) is 3.06. The number of carbonyl (C=O) groups excluding carboxylic acids is 4. The maximum atomic E-state index is 14.5. The van der Waals surface area contributed by atoms with E-state index < -0.39 is 51.1 Å². The molecule has 1 saturated carbocycles. The van der Waals surface area contributed by atoms with Crippen molar-refractivity contribution in [2.45, 2.75) is 28.5 Å². The molecule has 4 aromatic rings. The Morgan fingerprint density at radius 2 is 1.64 bits per heavy atom. The summed E-state index contributed by atoms with van der Waals surface area (Å²) in [5.74, 6) is -5.34. The minimum atomic E-state index is -2.07. The Morgan fingerprint density at radius 3 is 2.28 bits per heavy atom. The van der Waals surface area contributed by atoms with Crippen molar-refractivity contribution in [3.63, 3.8) is 0 Å². The summed E-state index contributed by atoms with van der Waals surface area (Å²) in [7, 11) is 2.77. The van der Waals surface area contributed by atoms with Crippen LogP contribution in [0.25, 0.3) is 22.6 Å². The number of benzene rings is 3. The van der Waals surface area contributed by atoms with E-state index in [1.54, 1.807) is 24.3 Å². The zero-order valence-corrected chi connectivity index (χ0v) is 29.7. The van der Waals surface area contributed by atoms with Crippen molar-refractivity contribution in [3.8, 4) is 28.7 Å². The van der Waals surface area contributed by atoms with E-state index in [1.165, 1.54) is 31.3 Å². The highest BCUT2D eigenvalue weighted by atomic mass is 79.9. The van der Waals surface area contributed by atoms with Gasteiger partial charge < -0.3 is 19.0 Å². The number of nitrogens with zero attached hydrogens (tertiary/aromatic N) is 3. The number of fused-ring (bicyclic) bond motifs is 5. The minimum Gasteiger partial charge on any atom is -0.508 e. The van der Waals surface area contributed by atoms with Gasteiger partial charge in [-0.25, -0.2) is 4.98 Å². The van der Waals surface area contributed by atoms with E-state index >= 15 is 0 Å². The molecule has 6 atom stereocenters. The number of halogens is 3. The number of aromatic hydroxyl groups is 1. The average molecular weight is 781 g/mol. The number of anilines is 1. The quantitative estimate of drug-likeness (QED) is 0.106. The fraction of sp³-hybridized carbons (Fsp3) is 0.306. The van der Waals surface area contributed by atoms with Gasteiger partial charge >= 0.3 is 0 Å². The van der Waals surface area contributed by atoms with Gasteiger partial charge in [-0.05, 0) is 55.2 Å². The number of likely N-dealkylation sites (tertiary alicyclic amines) is 1. The molecule has 256 valence electrons. The van der Waals surface area contributed by atoms with Crippen molar-refractivity contribution in [3.05, 3.63) is 77.9 Å². The van der Waals surface area contributed by atoms with Crippen LogP contribution in [-0.4, -0.2) is 68.0 Å². The first kappa shape index (κ1) is 32.8. The van der Waals surface area contributed by atoms with Crippen molar-refractivity contribution in [1.29, 1.82) is 0 Å². The van der Waals surface area contributed by atoms with E-state index in [-0.39, 0.29) is 47.0 Å². The summed E-state index contributed by atoms with van der Waals surface area (Å²) in [4.78, 5) is 59.3. The van der Waals surface area contributed by atoms with E-state index in [9.17, 15) is 24.3 Å². The van der Waals surface area contributed by atoms with Crippen molar-refractivity contribution >= 4 is 79.5 Å². The lowest BCUT2D eigenvalue weighted by molar-refractivity contribution is -0.138. The third-order valence-electron chi connectivity index (χ3n) is 10.5. The highest BCUT2D eigenvalue weighted by Crippen LogP contribution is 2.67. The lowest BCUT2D eigenvalue weighted by atomic mass is 9.56. The van der Waals surface area contributed by atoms with Crippen LogP contribution in [0.1, 0.15) is 24.3 Å². The number of ether oxygens (including phenoxy) is 2. The molecular weight excluding hydrogens is 753 g/mol. The van der Waals surface area contributed by atoms with Gasteiger partial charge in [-0.2, -0.15) is 0 Å². The Labute approximate surface area is 303 Å². The van der Waals surface area contributed by atoms with Crippen LogP contribution in [0.2, 0.25) is 0 Å². The predicted octanol–water partition coefficient (Wildman–Crippen LogP) is 6.13. The SMILES string of the molecule is COc1cc(O)cc(OC)c1[C@H]1C2=CC[C@@H]3C(=O)N(c4ccc(-c5nc6ccccc6o5)cc4)C(=O)[C@@H]3[C@@H]2C[C@@]2(Cl)C(=O)N(CBr)C(=O)[C@@]12Cl. The molecule has 11 nitrogen and oxygen atoms in total. The average Bonchev–Trinajstić information content (AvgIpc) is 3.71. The Morgan fingerprint density at radius 1 is 0.960 bits per heavy atom. The topological polar surface area (TPSA) is 139 Å². The molecule has 3 fully saturated rings. The number of alkyl halides is 3. The lowest BCUT2D eigenvalue weighted by Crippen LogP contribution is -2.60. The number of phenols is 1. The molecule has 4 amide bonds. The first-order chi connectivity index (χ1) is 24.0. The Kier molecular flexibility index (Phi) is 7.59. The number of aromatic nitrogens is 1. The summed E-state index contributed by atoms with van der Waals surface area (Å²) < 4.78 is 17.2. The maximum Gasteiger partial charge on any atom is 0.254 e. The smallest absolute Gasteiger partial charge is 0.254 e. The second kappa shape index (κ2) is 11.6. The largest absolute Gasteiger partial charge is 0.508 e. The molecule has 3 heterocycles. The highest BCUT2D eigenvalue weighted by Gasteiger charge is 2.76. The van der Waals surface area contributed by atoms with Crippen molar-refractivity contribution < 1.29 is 38.2 Å². The third-order valence-corrected chi connectivity index (χ3v) is 12.4. The summed E-state index contributed by atoms with van der Waals surface area (Å²) in [6.45, 7) is 0. The van der Waals surface area contributed by atoms with Crippen molar-refractivity contribution in [2.75, 3.05) is 24.6 Å². The van der Waals surface area contributed by atoms with Gasteiger partial charge in [-0.3, -0.25) is 29.0 Å². The van der Waals surface area contributed by atoms with Crippen LogP contribution in [0.3, 0.4) is 0 Å². The van der Waals surface area contributed by atoms with Crippen molar-refractivity contribution in [2.24, 2.45) is 17.8 Å². The number of oxazole rings is 1. The molecular formula is C36H28BrCl2N3O8. The van der Waals surface area contributed by atoms with E-state index in [2.05, 4.69) is 20.9 Å². The Balaban J connectivity index is 1.22. The number of phenolic OH excluding ortho intramolecular Hbond substituents is 1. The van der Waals surface area contributed by atoms with Gasteiger partial charge in [-0.1, -0.05) is 39.7 Å². The Bertz CT molecular complexity index is 2110. The van der Waals surface area contributed by atoms with Gasteiger partial charge in [0.25, 0.3) is 11.8 Å². The number of carbonyl (C=O) groups is 4. The minimum absolute atomic E-state index is 0.140. The van der Waals surface area contributed by atoms with Gasteiger partial charge in [0.2, 0.25) is 17.7 Å². The predicted molar refractivity (Wildman–Crippen MR) is 186 cm³/mol. The molecule has 14 heteroatoms. The molecule has 0 bridgehead atoms. The van der Waals surface area contributed by atoms with Crippen LogP contribution in [-0.2, 0) is 19.2 Å². The molecule has 2 saturated heterocycles. The van der Waals surface area contributed by atoms with Crippen LogP contribution in [0.4, 0.5) is 5.69 Å². The Hall–Kier alpha value is -4.39. The molecule has 1 aromatic heterocycles. The first-order valence-corrected chi connectivity index (χ1v) is 17.6. The number of rotatable bonds is 6. The van der Waals surface area contributed by atoms with Gasteiger partial charge in [0.1, 0.15) is 22.8 Å². The van der Waals surface area contributed by atoms with Gasteiger partial charge in [0.05, 0.1) is 37.2 Å². The molecule has 0 spiro atoms. The van der Waals surface area contributed by atoms with Gasteiger partial charge in [0, 0.05) is 29.2 Å².